The van der Waals surface area contributed by atoms with Gasteiger partial charge >= 0.3 is 0 Å². The van der Waals surface area contributed by atoms with Crippen LogP contribution in [-0.4, -0.2) is 66.3 Å². The fourth-order valence-electron chi connectivity index (χ4n) is 2.46. The van der Waals surface area contributed by atoms with Crippen LogP contribution in [0.2, 0.25) is 0 Å². The van der Waals surface area contributed by atoms with Crippen LogP contribution in [0.25, 0.3) is 0 Å². The van der Waals surface area contributed by atoms with E-state index in [2.05, 4.69) is 6.58 Å². The summed E-state index contributed by atoms with van der Waals surface area (Å²) in [4.78, 5) is 14.2. The normalized spacial score (nSPS) is 31.1. The van der Waals surface area contributed by atoms with Gasteiger partial charge in [-0.25, -0.2) is 0 Å². The summed E-state index contributed by atoms with van der Waals surface area (Å²) in [5.74, 6) is -1.06. The van der Waals surface area contributed by atoms with Gasteiger partial charge in [0.2, 0.25) is 0 Å². The van der Waals surface area contributed by atoms with E-state index in [0.717, 1.165) is 0 Å². The highest BCUT2D eigenvalue weighted by Gasteiger charge is 2.49. The van der Waals surface area contributed by atoms with Crippen LogP contribution in [0.4, 0.5) is 0 Å². The number of hydrogen-bond donors (Lipinski definition) is 1. The quantitative estimate of drug-likeness (QED) is 0.756. The molecule has 0 unspecified atom stereocenters. The molecule has 0 bridgehead atoms. The monoisotopic (exact) mass is 285 g/mol. The van der Waals surface area contributed by atoms with Gasteiger partial charge < -0.3 is 24.2 Å². The molecule has 0 aromatic rings. The van der Waals surface area contributed by atoms with Crippen LogP contribution in [0, 0.1) is 0 Å². The number of aliphatic hydroxyl groups is 1. The third-order valence-electron chi connectivity index (χ3n) is 3.51. The fraction of sp³-hybridized carbons (Fsp3) is 0.786. The molecule has 1 amide bonds. The lowest BCUT2D eigenvalue weighted by molar-refractivity contribution is -0.165. The Morgan fingerprint density at radius 2 is 1.95 bits per heavy atom. The summed E-state index contributed by atoms with van der Waals surface area (Å²) in [7, 11) is 0. The maximum Gasteiger partial charge on any atom is 0.254 e. The predicted molar refractivity (Wildman–Crippen MR) is 72.0 cm³/mol. The van der Waals surface area contributed by atoms with Gasteiger partial charge in [-0.05, 0) is 26.3 Å². The second kappa shape index (κ2) is 5.81. The van der Waals surface area contributed by atoms with Crippen LogP contribution in [-0.2, 0) is 19.0 Å². The number of rotatable bonds is 3. The first-order valence-corrected chi connectivity index (χ1v) is 6.87. The third-order valence-corrected chi connectivity index (χ3v) is 3.51. The molecular weight excluding hydrogens is 262 g/mol. The van der Waals surface area contributed by atoms with Crippen molar-refractivity contribution in [3.8, 4) is 0 Å². The van der Waals surface area contributed by atoms with Crippen LogP contribution in [0.15, 0.2) is 12.2 Å². The minimum Gasteiger partial charge on any atom is -0.386 e. The summed E-state index contributed by atoms with van der Waals surface area (Å²) < 4.78 is 16.6. The Labute approximate surface area is 119 Å². The van der Waals surface area contributed by atoms with Crippen molar-refractivity contribution in [2.75, 3.05) is 26.3 Å². The minimum atomic E-state index is -0.924. The van der Waals surface area contributed by atoms with Gasteiger partial charge in [0, 0.05) is 13.1 Å². The molecule has 2 aliphatic rings. The van der Waals surface area contributed by atoms with Crippen molar-refractivity contribution < 1.29 is 24.1 Å². The Balaban J connectivity index is 2.13. The van der Waals surface area contributed by atoms with Gasteiger partial charge in [-0.15, -0.1) is 0 Å². The van der Waals surface area contributed by atoms with E-state index in [1.54, 1.807) is 25.7 Å². The molecule has 6 heteroatoms. The number of hydrogen-bond acceptors (Lipinski definition) is 5. The largest absolute Gasteiger partial charge is 0.386 e. The smallest absolute Gasteiger partial charge is 0.254 e. The zero-order chi connectivity index (χ0) is 14.9. The minimum absolute atomic E-state index is 0.163. The number of ether oxygens (including phenoxy) is 3. The standard InChI is InChI=1S/C14H23NO5/c1-9(2)10(16)11-12(20-14(3,4)19-11)13(17)15-5-7-18-8-6-15/h10-12,16H,1,5-8H2,2-4H3/t10-,11+,12-/m0/s1. The molecule has 0 radical (unpaired) electrons. The number of amides is 1. The highest BCUT2D eigenvalue weighted by Crippen LogP contribution is 2.32. The molecule has 6 nitrogen and oxygen atoms in total. The van der Waals surface area contributed by atoms with E-state index in [-0.39, 0.29) is 5.91 Å². The van der Waals surface area contributed by atoms with Crippen molar-refractivity contribution in [2.45, 2.75) is 44.9 Å². The Bertz CT molecular complexity index is 389. The first kappa shape index (κ1) is 15.4. The number of carbonyl (C=O) groups excluding carboxylic acids is 1. The van der Waals surface area contributed by atoms with Crippen LogP contribution in [0.5, 0.6) is 0 Å². The lowest BCUT2D eigenvalue weighted by Crippen LogP contribution is -2.51. The van der Waals surface area contributed by atoms with Gasteiger partial charge in [-0.3, -0.25) is 4.79 Å². The number of nitrogens with zero attached hydrogens (tertiary/aromatic N) is 1. The number of morpholine rings is 1. The molecule has 2 fully saturated rings. The van der Waals surface area contributed by atoms with Crippen LogP contribution in [0.3, 0.4) is 0 Å². The highest BCUT2D eigenvalue weighted by atomic mass is 16.8. The van der Waals surface area contributed by atoms with Gasteiger partial charge in [0.15, 0.2) is 11.9 Å². The van der Waals surface area contributed by atoms with Crippen LogP contribution >= 0.6 is 0 Å². The number of aliphatic hydroxyl groups excluding tert-OH is 1. The average Bonchev–Trinajstić information content (AvgIpc) is 2.74. The van der Waals surface area contributed by atoms with Gasteiger partial charge in [0.05, 0.1) is 13.2 Å². The van der Waals surface area contributed by atoms with Crippen molar-refractivity contribution in [2.24, 2.45) is 0 Å². The zero-order valence-corrected chi connectivity index (χ0v) is 12.3. The second-order valence-electron chi connectivity index (χ2n) is 5.75. The summed E-state index contributed by atoms with van der Waals surface area (Å²) in [6, 6.07) is 0. The second-order valence-corrected chi connectivity index (χ2v) is 5.75. The molecule has 0 saturated carbocycles. The first-order valence-electron chi connectivity index (χ1n) is 6.87. The molecule has 0 spiro atoms. The maximum atomic E-state index is 12.6. The van der Waals surface area contributed by atoms with Crippen molar-refractivity contribution in [3.63, 3.8) is 0 Å². The Hall–Kier alpha value is -0.950. The van der Waals surface area contributed by atoms with Crippen molar-refractivity contribution in [1.82, 2.24) is 4.90 Å². The van der Waals surface area contributed by atoms with E-state index >= 15 is 0 Å². The van der Waals surface area contributed by atoms with E-state index in [1.165, 1.54) is 0 Å². The molecule has 0 aromatic heterocycles. The topological polar surface area (TPSA) is 68.2 Å². The maximum absolute atomic E-state index is 12.6. The summed E-state index contributed by atoms with van der Waals surface area (Å²) in [6.07, 6.45) is -2.46. The molecule has 0 aliphatic carbocycles. The third kappa shape index (κ3) is 3.20. The molecule has 3 atom stereocenters. The summed E-state index contributed by atoms with van der Waals surface area (Å²) in [5, 5.41) is 10.2. The van der Waals surface area contributed by atoms with Gasteiger partial charge in [0.1, 0.15) is 12.2 Å². The zero-order valence-electron chi connectivity index (χ0n) is 12.3. The van der Waals surface area contributed by atoms with Crippen molar-refractivity contribution in [3.05, 3.63) is 12.2 Å². The Morgan fingerprint density at radius 1 is 1.35 bits per heavy atom. The Morgan fingerprint density at radius 3 is 2.50 bits per heavy atom. The van der Waals surface area contributed by atoms with E-state index in [1.807, 2.05) is 0 Å². The highest BCUT2D eigenvalue weighted by molar-refractivity contribution is 5.82. The van der Waals surface area contributed by atoms with Gasteiger partial charge in [-0.2, -0.15) is 0 Å². The fourth-order valence-corrected chi connectivity index (χ4v) is 2.46. The van der Waals surface area contributed by atoms with E-state index in [4.69, 9.17) is 14.2 Å². The molecule has 2 aliphatic heterocycles. The lowest BCUT2D eigenvalue weighted by atomic mass is 10.0. The van der Waals surface area contributed by atoms with E-state index in [0.29, 0.717) is 31.9 Å². The molecule has 1 N–H and O–H groups in total. The van der Waals surface area contributed by atoms with Crippen LogP contribution in [0.1, 0.15) is 20.8 Å². The van der Waals surface area contributed by atoms with Crippen molar-refractivity contribution in [1.29, 1.82) is 0 Å². The molecule has 2 saturated heterocycles. The predicted octanol–water partition coefficient (Wildman–Crippen LogP) is 0.302. The van der Waals surface area contributed by atoms with Gasteiger partial charge in [-0.1, -0.05) is 6.58 Å². The molecular formula is C14H23NO5. The summed E-state index contributed by atoms with van der Waals surface area (Å²) in [6.45, 7) is 11.0. The number of carbonyl (C=O) groups is 1. The van der Waals surface area contributed by atoms with E-state index in [9.17, 15) is 9.90 Å². The Kier molecular flexibility index (Phi) is 4.49. The summed E-state index contributed by atoms with van der Waals surface area (Å²) in [5.41, 5.74) is 0.552. The van der Waals surface area contributed by atoms with Crippen molar-refractivity contribution >= 4 is 5.91 Å². The van der Waals surface area contributed by atoms with Crippen LogP contribution < -0.4 is 0 Å². The van der Waals surface area contributed by atoms with E-state index < -0.39 is 24.1 Å². The molecule has 0 aromatic carbocycles. The SMILES string of the molecule is C=C(C)[C@H](O)[C@H]1OC(C)(C)O[C@@H]1C(=O)N1CCOCC1. The molecule has 114 valence electrons. The molecule has 2 rings (SSSR count). The first-order chi connectivity index (χ1) is 9.32. The molecule has 2 heterocycles. The van der Waals surface area contributed by atoms with Gasteiger partial charge in [0.25, 0.3) is 5.91 Å². The lowest BCUT2D eigenvalue weighted by Gasteiger charge is -2.31. The molecule has 20 heavy (non-hydrogen) atoms. The average molecular weight is 285 g/mol. The summed E-state index contributed by atoms with van der Waals surface area (Å²) >= 11 is 0.